The van der Waals surface area contributed by atoms with Gasteiger partial charge in [-0.25, -0.2) is 4.79 Å². The molecule has 0 bridgehead atoms. The number of fused-ring (bicyclic) bond motifs is 1. The third kappa shape index (κ3) is 2.01. The van der Waals surface area contributed by atoms with Crippen LogP contribution in [0.1, 0.15) is 5.56 Å². The predicted octanol–water partition coefficient (Wildman–Crippen LogP) is 1.74. The van der Waals surface area contributed by atoms with Gasteiger partial charge in [0, 0.05) is 29.5 Å². The second kappa shape index (κ2) is 4.13. The molecule has 0 aliphatic rings. The molecule has 1 aromatic heterocycles. The molecule has 0 radical (unpaired) electrons. The molecule has 1 heterocycles. The van der Waals surface area contributed by atoms with E-state index < -0.39 is 5.76 Å². The molecule has 0 aliphatic heterocycles. The van der Waals surface area contributed by atoms with E-state index in [0.717, 1.165) is 11.1 Å². The Bertz CT molecular complexity index is 600. The Kier molecular flexibility index (Phi) is 2.82. The number of aromatic nitrogens is 1. The number of carbonyl (C=O) groups is 1. The first-order valence-electron chi connectivity index (χ1n) is 4.60. The molecule has 16 heavy (non-hydrogen) atoms. The van der Waals surface area contributed by atoms with Gasteiger partial charge in [-0.2, -0.15) is 0 Å². The average Bonchev–Trinajstić information content (AvgIpc) is 2.52. The Morgan fingerprint density at radius 2 is 2.31 bits per heavy atom. The molecule has 1 aromatic carbocycles. The minimum Gasteiger partial charge on any atom is -0.408 e. The van der Waals surface area contributed by atoms with E-state index in [-0.39, 0.29) is 4.82 Å². The van der Waals surface area contributed by atoms with Gasteiger partial charge in [0.05, 0.1) is 5.52 Å². The van der Waals surface area contributed by atoms with Crippen molar-refractivity contribution in [1.82, 2.24) is 9.88 Å². The Hall–Kier alpha value is -1.56. The number of aryl methyl sites for hydroxylation is 1. The van der Waals surface area contributed by atoms with Gasteiger partial charge in [-0.05, 0) is 17.7 Å². The number of benzene rings is 1. The van der Waals surface area contributed by atoms with Crippen molar-refractivity contribution < 1.29 is 9.21 Å². The van der Waals surface area contributed by atoms with E-state index in [4.69, 9.17) is 4.42 Å². The van der Waals surface area contributed by atoms with Crippen molar-refractivity contribution in [3.63, 3.8) is 0 Å². The van der Waals surface area contributed by atoms with E-state index in [1.807, 2.05) is 6.07 Å². The SMILES string of the molecule is Cn1c(=O)oc2cc(CNC(=O)Br)ccc21. The van der Waals surface area contributed by atoms with Crippen LogP contribution in [0.15, 0.2) is 27.4 Å². The first-order valence-corrected chi connectivity index (χ1v) is 5.39. The van der Waals surface area contributed by atoms with Gasteiger partial charge in [0.1, 0.15) is 0 Å². The summed E-state index contributed by atoms with van der Waals surface area (Å²) in [6, 6.07) is 5.36. The van der Waals surface area contributed by atoms with Crippen LogP contribution < -0.4 is 11.1 Å². The second-order valence-electron chi connectivity index (χ2n) is 3.36. The first kappa shape index (κ1) is 10.9. The number of carbonyl (C=O) groups excluding carboxylic acids is 1. The fourth-order valence-corrected chi connectivity index (χ4v) is 1.60. The summed E-state index contributed by atoms with van der Waals surface area (Å²) >= 11 is 2.77. The zero-order valence-corrected chi connectivity index (χ0v) is 10.1. The van der Waals surface area contributed by atoms with Gasteiger partial charge in [-0.1, -0.05) is 6.07 Å². The quantitative estimate of drug-likeness (QED) is 0.675. The third-order valence-corrected chi connectivity index (χ3v) is 2.57. The summed E-state index contributed by atoms with van der Waals surface area (Å²) in [5, 5.41) is 2.60. The van der Waals surface area contributed by atoms with E-state index in [0.29, 0.717) is 12.1 Å². The molecule has 6 heteroatoms. The zero-order valence-electron chi connectivity index (χ0n) is 8.49. The van der Waals surface area contributed by atoms with Crippen molar-refractivity contribution in [3.05, 3.63) is 34.3 Å². The van der Waals surface area contributed by atoms with Gasteiger partial charge in [0.25, 0.3) is 4.82 Å². The lowest BCUT2D eigenvalue weighted by molar-refractivity contribution is 0.261. The lowest BCUT2D eigenvalue weighted by Crippen LogP contribution is -2.14. The van der Waals surface area contributed by atoms with Gasteiger partial charge >= 0.3 is 5.76 Å². The van der Waals surface area contributed by atoms with E-state index in [9.17, 15) is 9.59 Å². The minimum absolute atomic E-state index is 0.276. The molecule has 2 aromatic rings. The van der Waals surface area contributed by atoms with Crippen molar-refractivity contribution in [2.75, 3.05) is 0 Å². The number of rotatable bonds is 2. The van der Waals surface area contributed by atoms with Gasteiger partial charge in [0.2, 0.25) is 0 Å². The highest BCUT2D eigenvalue weighted by atomic mass is 79.9. The molecule has 0 aliphatic carbocycles. The topological polar surface area (TPSA) is 64.2 Å². The molecule has 1 amide bonds. The van der Waals surface area contributed by atoms with Crippen molar-refractivity contribution in [2.45, 2.75) is 6.54 Å². The maximum absolute atomic E-state index is 11.2. The summed E-state index contributed by atoms with van der Waals surface area (Å²) in [5.74, 6) is -0.392. The summed E-state index contributed by atoms with van der Waals surface area (Å²) in [5.41, 5.74) is 2.13. The van der Waals surface area contributed by atoms with E-state index in [1.54, 1.807) is 19.2 Å². The highest BCUT2D eigenvalue weighted by molar-refractivity contribution is 9.18. The molecule has 0 saturated heterocycles. The van der Waals surface area contributed by atoms with Crippen molar-refractivity contribution in [2.24, 2.45) is 7.05 Å². The smallest absolute Gasteiger partial charge is 0.408 e. The summed E-state index contributed by atoms with van der Waals surface area (Å²) in [7, 11) is 1.65. The number of amides is 1. The maximum Gasteiger partial charge on any atom is 0.419 e. The summed E-state index contributed by atoms with van der Waals surface area (Å²) in [4.78, 5) is 21.6. The minimum atomic E-state index is -0.392. The number of halogens is 1. The largest absolute Gasteiger partial charge is 0.419 e. The van der Waals surface area contributed by atoms with Crippen LogP contribution in [0.25, 0.3) is 11.1 Å². The summed E-state index contributed by atoms with van der Waals surface area (Å²) in [6.45, 7) is 0.388. The molecule has 0 saturated carbocycles. The number of hydrogen-bond acceptors (Lipinski definition) is 3. The van der Waals surface area contributed by atoms with Crippen LogP contribution in [0.2, 0.25) is 0 Å². The molecule has 1 N–H and O–H groups in total. The fraction of sp³-hybridized carbons (Fsp3) is 0.200. The molecule has 5 nitrogen and oxygen atoms in total. The lowest BCUT2D eigenvalue weighted by atomic mass is 10.2. The second-order valence-corrected chi connectivity index (χ2v) is 4.08. The van der Waals surface area contributed by atoms with Gasteiger partial charge in [-0.3, -0.25) is 9.36 Å². The monoisotopic (exact) mass is 284 g/mol. The standard InChI is InChI=1S/C10H9BrN2O3/c1-13-7-3-2-6(5-12-9(11)14)4-8(7)16-10(13)15/h2-4H,5H2,1H3,(H,12,14). The van der Waals surface area contributed by atoms with Gasteiger partial charge in [0.15, 0.2) is 5.58 Å². The van der Waals surface area contributed by atoms with Crippen molar-refractivity contribution >= 4 is 31.8 Å². The normalized spacial score (nSPS) is 10.6. The van der Waals surface area contributed by atoms with E-state index >= 15 is 0 Å². The molecular weight excluding hydrogens is 276 g/mol. The molecule has 84 valence electrons. The highest BCUT2D eigenvalue weighted by Crippen LogP contribution is 2.14. The molecular formula is C10H9BrN2O3. The Labute approximate surface area is 99.2 Å². The predicted molar refractivity (Wildman–Crippen MR) is 62.6 cm³/mol. The summed E-state index contributed by atoms with van der Waals surface area (Å²) in [6.07, 6.45) is 0. The van der Waals surface area contributed by atoms with Crippen LogP contribution in [0.5, 0.6) is 0 Å². The number of nitrogens with one attached hydrogen (secondary N) is 1. The fourth-order valence-electron chi connectivity index (χ4n) is 1.46. The molecule has 2 rings (SSSR count). The number of oxazole rings is 1. The van der Waals surface area contributed by atoms with E-state index in [1.165, 1.54) is 4.57 Å². The Morgan fingerprint density at radius 3 is 3.00 bits per heavy atom. The van der Waals surface area contributed by atoms with Gasteiger partial charge in [-0.15, -0.1) is 0 Å². The van der Waals surface area contributed by atoms with Crippen LogP contribution in [0, 0.1) is 0 Å². The van der Waals surface area contributed by atoms with Gasteiger partial charge < -0.3 is 9.73 Å². The average molecular weight is 285 g/mol. The van der Waals surface area contributed by atoms with Crippen LogP contribution in [0.3, 0.4) is 0 Å². The number of hydrogen-bond donors (Lipinski definition) is 1. The van der Waals surface area contributed by atoms with Crippen LogP contribution in [0.4, 0.5) is 4.79 Å². The molecule has 0 spiro atoms. The van der Waals surface area contributed by atoms with Crippen LogP contribution in [-0.2, 0) is 13.6 Å². The molecule has 0 unspecified atom stereocenters. The lowest BCUT2D eigenvalue weighted by Gasteiger charge is -2.00. The Balaban J connectivity index is 2.37. The van der Waals surface area contributed by atoms with Crippen LogP contribution >= 0.6 is 15.9 Å². The van der Waals surface area contributed by atoms with E-state index in [2.05, 4.69) is 21.2 Å². The van der Waals surface area contributed by atoms with Crippen molar-refractivity contribution in [3.8, 4) is 0 Å². The van der Waals surface area contributed by atoms with Crippen LogP contribution in [-0.4, -0.2) is 9.38 Å². The first-order chi connectivity index (χ1) is 7.58. The summed E-state index contributed by atoms with van der Waals surface area (Å²) < 4.78 is 6.46. The maximum atomic E-state index is 11.2. The molecule has 0 atom stereocenters. The number of nitrogens with zero attached hydrogens (tertiary/aromatic N) is 1. The third-order valence-electron chi connectivity index (χ3n) is 2.29. The Morgan fingerprint density at radius 1 is 1.56 bits per heavy atom. The highest BCUT2D eigenvalue weighted by Gasteiger charge is 2.06. The van der Waals surface area contributed by atoms with Crippen molar-refractivity contribution in [1.29, 1.82) is 0 Å². The molecule has 0 fully saturated rings. The zero-order chi connectivity index (χ0) is 11.7.